The molecular formula is C20H30N2O. The average molecular weight is 314 g/mol. The number of likely N-dealkylation sites (tertiary alicyclic amines) is 1. The van der Waals surface area contributed by atoms with Crippen LogP contribution in [0.5, 0.6) is 0 Å². The van der Waals surface area contributed by atoms with Crippen molar-refractivity contribution >= 4 is 10.9 Å². The third-order valence-electron chi connectivity index (χ3n) is 4.94. The Morgan fingerprint density at radius 3 is 2.70 bits per heavy atom. The minimum Gasteiger partial charge on any atom is -0.378 e. The second-order valence-corrected chi connectivity index (χ2v) is 6.69. The molecule has 0 aliphatic carbocycles. The van der Waals surface area contributed by atoms with E-state index in [9.17, 15) is 0 Å². The Kier molecular flexibility index (Phi) is 6.12. The first-order valence-electron chi connectivity index (χ1n) is 9.24. The van der Waals surface area contributed by atoms with Crippen molar-refractivity contribution in [3.05, 3.63) is 36.5 Å². The van der Waals surface area contributed by atoms with Crippen molar-refractivity contribution < 1.29 is 4.74 Å². The maximum Gasteiger partial charge on any atom is 0.0599 e. The van der Waals surface area contributed by atoms with Crippen LogP contribution in [0.2, 0.25) is 0 Å². The van der Waals surface area contributed by atoms with Gasteiger partial charge in [-0.3, -0.25) is 0 Å². The Morgan fingerprint density at radius 1 is 1.04 bits per heavy atom. The van der Waals surface area contributed by atoms with E-state index in [0.717, 1.165) is 13.2 Å². The Morgan fingerprint density at radius 2 is 1.87 bits per heavy atom. The predicted octanol–water partition coefficient (Wildman–Crippen LogP) is 4.31. The maximum absolute atomic E-state index is 5.95. The molecule has 1 aromatic heterocycles. The van der Waals surface area contributed by atoms with E-state index in [1.807, 2.05) is 0 Å². The van der Waals surface area contributed by atoms with E-state index in [1.54, 1.807) is 0 Å². The number of nitrogens with zero attached hydrogens (tertiary/aromatic N) is 2. The van der Waals surface area contributed by atoms with Gasteiger partial charge in [0.2, 0.25) is 0 Å². The molecule has 2 heterocycles. The lowest BCUT2D eigenvalue weighted by atomic mass is 10.1. The molecule has 3 nitrogen and oxygen atoms in total. The Balaban J connectivity index is 1.37. The number of benzene rings is 1. The van der Waals surface area contributed by atoms with Gasteiger partial charge in [-0.1, -0.05) is 31.5 Å². The molecular weight excluding hydrogens is 284 g/mol. The highest BCUT2D eigenvalue weighted by Crippen LogP contribution is 2.17. The molecule has 1 aromatic carbocycles. The summed E-state index contributed by atoms with van der Waals surface area (Å²) in [5.74, 6) is 0. The zero-order chi connectivity index (χ0) is 15.9. The highest BCUT2D eigenvalue weighted by atomic mass is 16.5. The second kappa shape index (κ2) is 8.51. The van der Waals surface area contributed by atoms with Gasteiger partial charge in [0.05, 0.1) is 6.10 Å². The third-order valence-corrected chi connectivity index (χ3v) is 4.94. The van der Waals surface area contributed by atoms with Crippen molar-refractivity contribution in [3.8, 4) is 0 Å². The number of hydrogen-bond acceptors (Lipinski definition) is 2. The van der Waals surface area contributed by atoms with Gasteiger partial charge >= 0.3 is 0 Å². The molecule has 23 heavy (non-hydrogen) atoms. The molecule has 0 unspecified atom stereocenters. The lowest BCUT2D eigenvalue weighted by Crippen LogP contribution is -2.37. The van der Waals surface area contributed by atoms with Crippen LogP contribution in [0.1, 0.15) is 39.0 Å². The van der Waals surface area contributed by atoms with Gasteiger partial charge in [0.1, 0.15) is 0 Å². The fourth-order valence-electron chi connectivity index (χ4n) is 3.49. The van der Waals surface area contributed by atoms with Gasteiger partial charge in [-0.05, 0) is 49.7 Å². The number of aromatic nitrogens is 1. The van der Waals surface area contributed by atoms with Crippen LogP contribution in [0.3, 0.4) is 0 Å². The number of ether oxygens (including phenoxy) is 1. The summed E-state index contributed by atoms with van der Waals surface area (Å²) in [5.41, 5.74) is 1.36. The van der Waals surface area contributed by atoms with E-state index in [-0.39, 0.29) is 0 Å². The number of aryl methyl sites for hydroxylation is 1. The molecule has 1 aliphatic heterocycles. The molecule has 0 spiro atoms. The lowest BCUT2D eigenvalue weighted by Gasteiger charge is -2.32. The lowest BCUT2D eigenvalue weighted by molar-refractivity contribution is 0.00606. The molecule has 3 rings (SSSR count). The van der Waals surface area contributed by atoms with E-state index < -0.39 is 0 Å². The summed E-state index contributed by atoms with van der Waals surface area (Å²) in [5, 5.41) is 1.34. The van der Waals surface area contributed by atoms with Crippen molar-refractivity contribution in [2.24, 2.45) is 0 Å². The summed E-state index contributed by atoms with van der Waals surface area (Å²) < 4.78 is 8.34. The number of rotatable bonds is 8. The third kappa shape index (κ3) is 4.58. The normalized spacial score (nSPS) is 17.1. The molecule has 126 valence electrons. The van der Waals surface area contributed by atoms with Crippen molar-refractivity contribution in [2.75, 3.05) is 26.2 Å². The molecule has 1 aliphatic rings. The molecule has 0 N–H and O–H groups in total. The van der Waals surface area contributed by atoms with Gasteiger partial charge in [-0.15, -0.1) is 0 Å². The van der Waals surface area contributed by atoms with E-state index >= 15 is 0 Å². The van der Waals surface area contributed by atoms with Crippen LogP contribution in [0.25, 0.3) is 10.9 Å². The first kappa shape index (κ1) is 16.5. The highest BCUT2D eigenvalue weighted by Gasteiger charge is 2.18. The van der Waals surface area contributed by atoms with Gasteiger partial charge in [0, 0.05) is 38.0 Å². The SMILES string of the molecule is CCCCOC1CCN(CCCn2ccc3ccccc32)CC1. The van der Waals surface area contributed by atoms with Crippen LogP contribution in [-0.2, 0) is 11.3 Å². The predicted molar refractivity (Wildman–Crippen MR) is 96.9 cm³/mol. The van der Waals surface area contributed by atoms with Crippen molar-refractivity contribution in [3.63, 3.8) is 0 Å². The quantitative estimate of drug-likeness (QED) is 0.675. The number of hydrogen-bond donors (Lipinski definition) is 0. The Bertz CT molecular complexity index is 584. The highest BCUT2D eigenvalue weighted by molar-refractivity contribution is 5.79. The molecule has 1 fully saturated rings. The van der Waals surface area contributed by atoms with Crippen LogP contribution in [-0.4, -0.2) is 41.8 Å². The molecule has 0 amide bonds. The van der Waals surface area contributed by atoms with Crippen molar-refractivity contribution in [1.29, 1.82) is 0 Å². The second-order valence-electron chi connectivity index (χ2n) is 6.69. The van der Waals surface area contributed by atoms with Gasteiger partial charge in [0.25, 0.3) is 0 Å². The van der Waals surface area contributed by atoms with Crippen LogP contribution in [0.4, 0.5) is 0 Å². The fourth-order valence-corrected chi connectivity index (χ4v) is 3.49. The van der Waals surface area contributed by atoms with Crippen molar-refractivity contribution in [1.82, 2.24) is 9.47 Å². The van der Waals surface area contributed by atoms with Gasteiger partial charge in [0.15, 0.2) is 0 Å². The van der Waals surface area contributed by atoms with Crippen LogP contribution < -0.4 is 0 Å². The van der Waals surface area contributed by atoms with Gasteiger partial charge in [-0.25, -0.2) is 0 Å². The smallest absolute Gasteiger partial charge is 0.0599 e. The van der Waals surface area contributed by atoms with Crippen molar-refractivity contribution in [2.45, 2.75) is 51.7 Å². The van der Waals surface area contributed by atoms with Crippen LogP contribution in [0.15, 0.2) is 36.5 Å². The first-order valence-corrected chi connectivity index (χ1v) is 9.24. The number of unbranched alkanes of at least 4 members (excludes halogenated alkanes) is 1. The van der Waals surface area contributed by atoms with Crippen LogP contribution in [0, 0.1) is 0 Å². The van der Waals surface area contributed by atoms with Gasteiger partial charge < -0.3 is 14.2 Å². The largest absolute Gasteiger partial charge is 0.378 e. The average Bonchev–Trinajstić information content (AvgIpc) is 3.00. The molecule has 3 heteroatoms. The minimum atomic E-state index is 0.506. The standard InChI is InChI=1S/C20H30N2O/c1-2-3-17-23-19-10-14-21(15-11-19)12-6-13-22-16-9-18-7-4-5-8-20(18)22/h4-5,7-9,16,19H,2-3,6,10-15,17H2,1H3. The summed E-state index contributed by atoms with van der Waals surface area (Å²) in [6.45, 7) is 7.88. The Hall–Kier alpha value is -1.32. The van der Waals surface area contributed by atoms with E-state index in [2.05, 4.69) is 52.9 Å². The summed E-state index contributed by atoms with van der Waals surface area (Å²) in [4.78, 5) is 2.60. The monoisotopic (exact) mass is 314 g/mol. The van der Waals surface area contributed by atoms with E-state index in [0.29, 0.717) is 6.10 Å². The molecule has 0 radical (unpaired) electrons. The zero-order valence-electron chi connectivity index (χ0n) is 14.4. The number of fused-ring (bicyclic) bond motifs is 1. The summed E-state index contributed by atoms with van der Waals surface area (Å²) >= 11 is 0. The summed E-state index contributed by atoms with van der Waals surface area (Å²) in [7, 11) is 0. The number of para-hydroxylation sites is 1. The fraction of sp³-hybridized carbons (Fsp3) is 0.600. The molecule has 0 saturated carbocycles. The van der Waals surface area contributed by atoms with E-state index in [1.165, 1.54) is 62.6 Å². The molecule has 0 atom stereocenters. The van der Waals surface area contributed by atoms with Gasteiger partial charge in [-0.2, -0.15) is 0 Å². The topological polar surface area (TPSA) is 17.4 Å². The first-order chi connectivity index (χ1) is 11.4. The molecule has 0 bridgehead atoms. The number of piperidine rings is 1. The maximum atomic E-state index is 5.95. The zero-order valence-corrected chi connectivity index (χ0v) is 14.4. The van der Waals surface area contributed by atoms with Crippen LogP contribution >= 0.6 is 0 Å². The van der Waals surface area contributed by atoms with E-state index in [4.69, 9.17) is 4.74 Å². The minimum absolute atomic E-state index is 0.506. The summed E-state index contributed by atoms with van der Waals surface area (Å²) in [6.07, 6.45) is 8.79. The summed E-state index contributed by atoms with van der Waals surface area (Å²) in [6, 6.07) is 10.9. The Labute approximate surface area is 140 Å². The molecule has 2 aromatic rings. The molecule has 1 saturated heterocycles.